The van der Waals surface area contributed by atoms with Crippen LogP contribution in [0, 0.1) is 0 Å². The maximum absolute atomic E-state index is 11.7. The van der Waals surface area contributed by atoms with E-state index in [0.717, 1.165) is 16.4 Å². The Hall–Kier alpha value is -1.54. The van der Waals surface area contributed by atoms with Crippen molar-refractivity contribution in [2.45, 2.75) is 25.5 Å². The fourth-order valence-electron chi connectivity index (χ4n) is 1.58. The molecule has 0 aliphatic carbocycles. The molecule has 0 spiro atoms. The first-order chi connectivity index (χ1) is 8.52. The molecule has 1 aromatic rings. The highest BCUT2D eigenvalue weighted by molar-refractivity contribution is 7.09. The Kier molecular flexibility index (Phi) is 3.58. The van der Waals surface area contributed by atoms with Gasteiger partial charge in [-0.05, 0) is 6.92 Å². The summed E-state index contributed by atoms with van der Waals surface area (Å²) in [5.41, 5.74) is 0. The van der Waals surface area contributed by atoms with Gasteiger partial charge in [-0.25, -0.2) is 4.98 Å². The zero-order valence-electron chi connectivity index (χ0n) is 10.3. The van der Waals surface area contributed by atoms with Crippen LogP contribution in [0.25, 0.3) is 0 Å². The minimum atomic E-state index is -0.541. The summed E-state index contributed by atoms with van der Waals surface area (Å²) in [7, 11) is 3.05. The van der Waals surface area contributed by atoms with E-state index in [1.54, 1.807) is 7.11 Å². The van der Waals surface area contributed by atoms with Gasteiger partial charge in [-0.2, -0.15) is 4.37 Å². The minimum absolute atomic E-state index is 0.157. The summed E-state index contributed by atoms with van der Waals surface area (Å²) in [6, 6.07) is -0.541. The normalized spacial score (nSPS) is 21.5. The van der Waals surface area contributed by atoms with Gasteiger partial charge in [0, 0.05) is 25.7 Å². The number of aromatic nitrogens is 2. The van der Waals surface area contributed by atoms with Crippen molar-refractivity contribution in [1.29, 1.82) is 0 Å². The topological polar surface area (TPSA) is 84.4 Å². The van der Waals surface area contributed by atoms with E-state index in [4.69, 9.17) is 4.74 Å². The van der Waals surface area contributed by atoms with Gasteiger partial charge in [0.05, 0.1) is 6.42 Å². The molecule has 1 aromatic heterocycles. The third-order valence-corrected chi connectivity index (χ3v) is 3.50. The Balaban J connectivity index is 2.04. The van der Waals surface area contributed by atoms with Gasteiger partial charge in [-0.1, -0.05) is 0 Å². The second-order valence-corrected chi connectivity index (χ2v) is 4.78. The molecule has 8 heteroatoms. The number of ether oxygens (including phenoxy) is 1. The first kappa shape index (κ1) is 12.9. The molecular weight excluding hydrogens is 256 g/mol. The quantitative estimate of drug-likeness (QED) is 0.798. The standard InChI is InChI=1S/C10H14N4O3S/c1-5(17-3)8-12-10(18-13-8)11-6-4-7(15)14(2)9(6)16/h5-6H,4H2,1-3H3,(H,11,12,13)/t5-,6+/m0/s1. The Bertz CT molecular complexity index is 475. The van der Waals surface area contributed by atoms with Crippen LogP contribution in [-0.4, -0.2) is 46.3 Å². The summed E-state index contributed by atoms with van der Waals surface area (Å²) >= 11 is 1.15. The van der Waals surface area contributed by atoms with Gasteiger partial charge in [0.15, 0.2) is 5.82 Å². The number of nitrogens with one attached hydrogen (secondary N) is 1. The van der Waals surface area contributed by atoms with Crippen molar-refractivity contribution in [3.63, 3.8) is 0 Å². The van der Waals surface area contributed by atoms with Crippen LogP contribution >= 0.6 is 11.5 Å². The maximum Gasteiger partial charge on any atom is 0.251 e. The predicted octanol–water partition coefficient (Wildman–Crippen LogP) is 0.415. The number of anilines is 1. The van der Waals surface area contributed by atoms with Crippen molar-refractivity contribution >= 4 is 28.5 Å². The third kappa shape index (κ3) is 2.34. The molecule has 2 rings (SSSR count). The number of rotatable bonds is 4. The summed E-state index contributed by atoms with van der Waals surface area (Å²) in [6.07, 6.45) is -0.0373. The van der Waals surface area contributed by atoms with E-state index < -0.39 is 6.04 Å². The average molecular weight is 270 g/mol. The monoisotopic (exact) mass is 270 g/mol. The van der Waals surface area contributed by atoms with Gasteiger partial charge in [0.25, 0.3) is 5.91 Å². The predicted molar refractivity (Wildman–Crippen MR) is 65.1 cm³/mol. The Morgan fingerprint density at radius 3 is 2.83 bits per heavy atom. The number of nitrogens with zero attached hydrogens (tertiary/aromatic N) is 3. The number of likely N-dealkylation sites (N-methyl/N-ethyl adjacent to an activating group) is 1. The smallest absolute Gasteiger partial charge is 0.251 e. The van der Waals surface area contributed by atoms with Crippen molar-refractivity contribution in [1.82, 2.24) is 14.3 Å². The van der Waals surface area contributed by atoms with Gasteiger partial charge in [-0.15, -0.1) is 0 Å². The van der Waals surface area contributed by atoms with Gasteiger partial charge >= 0.3 is 0 Å². The van der Waals surface area contributed by atoms with E-state index >= 15 is 0 Å². The van der Waals surface area contributed by atoms with Crippen molar-refractivity contribution in [2.24, 2.45) is 0 Å². The summed E-state index contributed by atoms with van der Waals surface area (Å²) in [5.74, 6) is 0.138. The highest BCUT2D eigenvalue weighted by Crippen LogP contribution is 2.21. The number of imide groups is 1. The lowest BCUT2D eigenvalue weighted by atomic mass is 10.2. The first-order valence-electron chi connectivity index (χ1n) is 5.46. The van der Waals surface area contributed by atoms with E-state index in [2.05, 4.69) is 14.7 Å². The lowest BCUT2D eigenvalue weighted by Crippen LogP contribution is -2.31. The molecule has 0 aromatic carbocycles. The van der Waals surface area contributed by atoms with Crippen molar-refractivity contribution in [3.8, 4) is 0 Å². The summed E-state index contributed by atoms with van der Waals surface area (Å²) in [5, 5.41) is 3.45. The fraction of sp³-hybridized carbons (Fsp3) is 0.600. The number of likely N-dealkylation sites (tertiary alicyclic amines) is 1. The van der Waals surface area contributed by atoms with Crippen LogP contribution in [0.5, 0.6) is 0 Å². The van der Waals surface area contributed by atoms with Gasteiger partial charge < -0.3 is 10.1 Å². The number of methoxy groups -OCH3 is 1. The van der Waals surface area contributed by atoms with Crippen molar-refractivity contribution < 1.29 is 14.3 Å². The molecule has 1 saturated heterocycles. The van der Waals surface area contributed by atoms with Crippen LogP contribution in [0.2, 0.25) is 0 Å². The molecule has 0 saturated carbocycles. The fourth-order valence-corrected chi connectivity index (χ4v) is 2.28. The van der Waals surface area contributed by atoms with Crippen LogP contribution in [0.1, 0.15) is 25.3 Å². The molecule has 2 heterocycles. The number of hydrogen-bond donors (Lipinski definition) is 1. The molecule has 18 heavy (non-hydrogen) atoms. The van der Waals surface area contributed by atoms with Crippen LogP contribution in [0.15, 0.2) is 0 Å². The Morgan fingerprint density at radius 2 is 2.28 bits per heavy atom. The molecule has 0 bridgehead atoms. The molecule has 1 aliphatic heterocycles. The van der Waals surface area contributed by atoms with Crippen LogP contribution in [0.4, 0.5) is 5.13 Å². The third-order valence-electron chi connectivity index (χ3n) is 2.84. The van der Waals surface area contributed by atoms with E-state index in [-0.39, 0.29) is 24.3 Å². The Labute approximate surface area is 108 Å². The molecule has 1 fully saturated rings. The molecule has 1 aliphatic rings. The zero-order valence-corrected chi connectivity index (χ0v) is 11.2. The SMILES string of the molecule is CO[C@@H](C)c1nsc(N[C@@H]2CC(=O)N(C)C2=O)n1. The Morgan fingerprint density at radius 1 is 1.56 bits per heavy atom. The average Bonchev–Trinajstić information content (AvgIpc) is 2.91. The molecule has 2 atom stereocenters. The zero-order chi connectivity index (χ0) is 13.3. The summed E-state index contributed by atoms with van der Waals surface area (Å²) < 4.78 is 9.22. The molecule has 0 unspecified atom stereocenters. The summed E-state index contributed by atoms with van der Waals surface area (Å²) in [6.45, 7) is 1.84. The van der Waals surface area contributed by atoms with Gasteiger partial charge in [0.1, 0.15) is 12.1 Å². The first-order valence-corrected chi connectivity index (χ1v) is 6.23. The van der Waals surface area contributed by atoms with Gasteiger partial charge in [0.2, 0.25) is 11.0 Å². The molecule has 1 N–H and O–H groups in total. The minimum Gasteiger partial charge on any atom is -0.374 e. The molecular formula is C10H14N4O3S. The molecule has 98 valence electrons. The molecule has 7 nitrogen and oxygen atoms in total. The van der Waals surface area contributed by atoms with Gasteiger partial charge in [-0.3, -0.25) is 14.5 Å². The van der Waals surface area contributed by atoms with Crippen molar-refractivity contribution in [3.05, 3.63) is 5.82 Å². The largest absolute Gasteiger partial charge is 0.374 e. The second kappa shape index (κ2) is 4.99. The van der Waals surface area contributed by atoms with E-state index in [9.17, 15) is 9.59 Å². The molecule has 2 amide bonds. The highest BCUT2D eigenvalue weighted by atomic mass is 32.1. The van der Waals surface area contributed by atoms with Crippen molar-refractivity contribution in [2.75, 3.05) is 19.5 Å². The van der Waals surface area contributed by atoms with E-state index in [1.165, 1.54) is 7.05 Å². The number of hydrogen-bond acceptors (Lipinski definition) is 7. The van der Waals surface area contributed by atoms with Crippen LogP contribution in [0.3, 0.4) is 0 Å². The lowest BCUT2D eigenvalue weighted by Gasteiger charge is -2.09. The van der Waals surface area contributed by atoms with E-state index in [0.29, 0.717) is 11.0 Å². The number of carbonyl (C=O) groups is 2. The number of amides is 2. The number of carbonyl (C=O) groups excluding carboxylic acids is 2. The maximum atomic E-state index is 11.7. The van der Waals surface area contributed by atoms with Crippen LogP contribution in [-0.2, 0) is 14.3 Å². The second-order valence-electron chi connectivity index (χ2n) is 4.03. The lowest BCUT2D eigenvalue weighted by molar-refractivity contribution is -0.136. The molecule has 0 radical (unpaired) electrons. The summed E-state index contributed by atoms with van der Waals surface area (Å²) in [4.78, 5) is 28.4. The van der Waals surface area contributed by atoms with Crippen LogP contribution < -0.4 is 5.32 Å². The highest BCUT2D eigenvalue weighted by Gasteiger charge is 2.36. The van der Waals surface area contributed by atoms with E-state index in [1.807, 2.05) is 6.92 Å².